The molecule has 1 aromatic heterocycles. The Kier molecular flexibility index (Phi) is 3.98. The maximum atomic E-state index is 12.7. The molecule has 0 radical (unpaired) electrons. The van der Waals surface area contributed by atoms with Gasteiger partial charge in [0.05, 0.1) is 6.61 Å². The molecule has 7 heteroatoms. The number of rotatable bonds is 3. The molecule has 2 heterocycles. The van der Waals surface area contributed by atoms with Crippen molar-refractivity contribution in [3.8, 4) is 0 Å². The molecule has 1 fully saturated rings. The first kappa shape index (κ1) is 14.5. The van der Waals surface area contributed by atoms with Gasteiger partial charge in [0.1, 0.15) is 0 Å². The summed E-state index contributed by atoms with van der Waals surface area (Å²) in [5.41, 5.74) is 0.962. The molecule has 108 valence electrons. The summed E-state index contributed by atoms with van der Waals surface area (Å²) in [6, 6.07) is -0.0395. The summed E-state index contributed by atoms with van der Waals surface area (Å²) < 4.78 is 26.8. The van der Waals surface area contributed by atoms with Crippen molar-refractivity contribution < 1.29 is 13.5 Å². The lowest BCUT2D eigenvalue weighted by atomic mass is 9.94. The van der Waals surface area contributed by atoms with Crippen LogP contribution in [-0.2, 0) is 16.6 Å². The van der Waals surface area contributed by atoms with E-state index in [1.54, 1.807) is 6.92 Å². The lowest BCUT2D eigenvalue weighted by molar-refractivity contribution is 0.201. The molecule has 0 saturated carbocycles. The largest absolute Gasteiger partial charge is 0.392 e. The zero-order valence-corrected chi connectivity index (χ0v) is 12.4. The minimum atomic E-state index is -3.64. The van der Waals surface area contributed by atoms with Crippen LogP contribution >= 0.6 is 0 Å². The average Bonchev–Trinajstić information content (AvgIpc) is 2.74. The second-order valence-corrected chi connectivity index (χ2v) is 7.07. The molecule has 1 saturated heterocycles. The van der Waals surface area contributed by atoms with Gasteiger partial charge in [-0.2, -0.15) is 9.40 Å². The highest BCUT2D eigenvalue weighted by atomic mass is 32.2. The summed E-state index contributed by atoms with van der Waals surface area (Å²) in [5.74, 6) is 0.334. The third-order valence-electron chi connectivity index (χ3n) is 4.06. The Hall–Kier alpha value is -0.920. The quantitative estimate of drug-likeness (QED) is 0.869. The normalized spacial score (nSPS) is 25.7. The van der Waals surface area contributed by atoms with Crippen LogP contribution in [0.25, 0.3) is 0 Å². The first-order valence-corrected chi connectivity index (χ1v) is 8.00. The first-order chi connectivity index (χ1) is 8.89. The Balaban J connectivity index is 2.41. The number of aliphatic hydroxyl groups excluding tert-OH is 1. The highest BCUT2D eigenvalue weighted by Gasteiger charge is 2.37. The molecule has 19 heavy (non-hydrogen) atoms. The third kappa shape index (κ3) is 2.42. The fourth-order valence-corrected chi connectivity index (χ4v) is 4.50. The van der Waals surface area contributed by atoms with E-state index in [1.165, 1.54) is 4.31 Å². The van der Waals surface area contributed by atoms with E-state index in [4.69, 9.17) is 0 Å². The summed E-state index contributed by atoms with van der Waals surface area (Å²) in [4.78, 5) is 0. The van der Waals surface area contributed by atoms with Gasteiger partial charge in [-0.3, -0.25) is 5.10 Å². The molecule has 0 spiro atoms. The molecule has 0 aliphatic carbocycles. The Morgan fingerprint density at radius 2 is 2.16 bits per heavy atom. The molecule has 2 unspecified atom stereocenters. The van der Waals surface area contributed by atoms with Gasteiger partial charge in [0.2, 0.25) is 0 Å². The number of hydrogen-bond acceptors (Lipinski definition) is 4. The van der Waals surface area contributed by atoms with E-state index in [-0.39, 0.29) is 17.7 Å². The van der Waals surface area contributed by atoms with Gasteiger partial charge in [0, 0.05) is 23.8 Å². The first-order valence-electron chi connectivity index (χ1n) is 6.56. The molecule has 6 nitrogen and oxygen atoms in total. The summed E-state index contributed by atoms with van der Waals surface area (Å²) in [6.45, 7) is 5.90. The van der Waals surface area contributed by atoms with Crippen molar-refractivity contribution in [1.82, 2.24) is 14.5 Å². The Morgan fingerprint density at radius 3 is 2.79 bits per heavy atom. The summed E-state index contributed by atoms with van der Waals surface area (Å²) in [7, 11) is -3.64. The van der Waals surface area contributed by atoms with Crippen molar-refractivity contribution in [2.45, 2.75) is 51.3 Å². The van der Waals surface area contributed by atoms with Gasteiger partial charge in [0.15, 0.2) is 5.03 Å². The number of hydrogen-bond donors (Lipinski definition) is 2. The van der Waals surface area contributed by atoms with Gasteiger partial charge in [-0.15, -0.1) is 0 Å². The molecule has 2 atom stereocenters. The predicted octanol–water partition coefficient (Wildman–Crippen LogP) is 1.02. The van der Waals surface area contributed by atoms with Crippen LogP contribution in [0, 0.1) is 12.8 Å². The van der Waals surface area contributed by atoms with Crippen LogP contribution < -0.4 is 0 Å². The van der Waals surface area contributed by atoms with E-state index >= 15 is 0 Å². The Morgan fingerprint density at radius 1 is 1.47 bits per heavy atom. The van der Waals surface area contributed by atoms with Crippen LogP contribution in [0.1, 0.15) is 37.9 Å². The molecule has 0 bridgehead atoms. The topological polar surface area (TPSA) is 86.3 Å². The van der Waals surface area contributed by atoms with Crippen LogP contribution in [0.15, 0.2) is 5.03 Å². The highest BCUT2D eigenvalue weighted by Crippen LogP contribution is 2.29. The fraction of sp³-hybridized carbons (Fsp3) is 0.750. The molecule has 2 N–H and O–H groups in total. The monoisotopic (exact) mass is 287 g/mol. The van der Waals surface area contributed by atoms with Gasteiger partial charge in [0.25, 0.3) is 10.0 Å². The second kappa shape index (κ2) is 5.22. The number of sulfonamides is 1. The van der Waals surface area contributed by atoms with E-state index in [0.29, 0.717) is 23.7 Å². The zero-order chi connectivity index (χ0) is 14.2. The summed E-state index contributed by atoms with van der Waals surface area (Å²) in [6.07, 6.45) is 1.90. The van der Waals surface area contributed by atoms with Crippen LogP contribution in [0.5, 0.6) is 0 Å². The van der Waals surface area contributed by atoms with Crippen LogP contribution in [-0.4, -0.2) is 40.6 Å². The van der Waals surface area contributed by atoms with E-state index in [2.05, 4.69) is 17.1 Å². The van der Waals surface area contributed by atoms with Crippen molar-refractivity contribution in [2.24, 2.45) is 5.92 Å². The van der Waals surface area contributed by atoms with Crippen LogP contribution in [0.4, 0.5) is 0 Å². The van der Waals surface area contributed by atoms with Crippen molar-refractivity contribution in [3.05, 3.63) is 11.3 Å². The van der Waals surface area contributed by atoms with Gasteiger partial charge >= 0.3 is 0 Å². The Labute approximate surface area is 113 Å². The maximum Gasteiger partial charge on any atom is 0.263 e. The molecule has 1 aliphatic heterocycles. The van der Waals surface area contributed by atoms with Crippen LogP contribution in [0.2, 0.25) is 0 Å². The van der Waals surface area contributed by atoms with E-state index in [9.17, 15) is 13.5 Å². The number of aromatic nitrogens is 2. The fourth-order valence-electron chi connectivity index (χ4n) is 2.58. The van der Waals surface area contributed by atoms with Gasteiger partial charge in [-0.25, -0.2) is 8.42 Å². The molecule has 1 aromatic rings. The van der Waals surface area contributed by atoms with Crippen LogP contribution in [0.3, 0.4) is 0 Å². The maximum absolute atomic E-state index is 12.7. The lowest BCUT2D eigenvalue weighted by Crippen LogP contribution is -2.46. The minimum Gasteiger partial charge on any atom is -0.392 e. The lowest BCUT2D eigenvalue weighted by Gasteiger charge is -2.36. The average molecular weight is 287 g/mol. The van der Waals surface area contributed by atoms with Crippen molar-refractivity contribution in [2.75, 3.05) is 6.54 Å². The number of aryl methyl sites for hydroxylation is 1. The van der Waals surface area contributed by atoms with Crippen molar-refractivity contribution >= 4 is 10.0 Å². The highest BCUT2D eigenvalue weighted by molar-refractivity contribution is 7.89. The number of nitrogens with zero attached hydrogens (tertiary/aromatic N) is 2. The Bertz CT molecular complexity index is 553. The summed E-state index contributed by atoms with van der Waals surface area (Å²) in [5, 5.41) is 15.8. The molecule has 2 rings (SSSR count). The summed E-state index contributed by atoms with van der Waals surface area (Å²) >= 11 is 0. The van der Waals surface area contributed by atoms with Gasteiger partial charge < -0.3 is 5.11 Å². The third-order valence-corrected chi connectivity index (χ3v) is 6.02. The van der Waals surface area contributed by atoms with E-state index < -0.39 is 10.0 Å². The molecule has 0 aromatic carbocycles. The molecular weight excluding hydrogens is 266 g/mol. The smallest absolute Gasteiger partial charge is 0.263 e. The van der Waals surface area contributed by atoms with Crippen molar-refractivity contribution in [1.29, 1.82) is 0 Å². The standard InChI is InChI=1S/C12H21N3O3S/c1-8-5-4-6-15(10(8)3)19(17,18)12-11(7-16)9(2)13-14-12/h8,10,16H,4-7H2,1-3H3,(H,13,14). The van der Waals surface area contributed by atoms with Gasteiger partial charge in [-0.1, -0.05) is 6.92 Å². The number of aliphatic hydroxyl groups is 1. The molecule has 0 amide bonds. The number of nitrogens with one attached hydrogen (secondary N) is 1. The number of aromatic amines is 1. The number of H-pyrrole nitrogens is 1. The minimum absolute atomic E-state index is 0.0338. The zero-order valence-electron chi connectivity index (χ0n) is 11.5. The second-order valence-electron chi connectivity index (χ2n) is 5.27. The van der Waals surface area contributed by atoms with E-state index in [0.717, 1.165) is 12.8 Å². The molecular formula is C12H21N3O3S. The molecule has 1 aliphatic rings. The predicted molar refractivity (Wildman–Crippen MR) is 71.0 cm³/mol. The SMILES string of the molecule is Cc1[nH]nc(S(=O)(=O)N2CCCC(C)C2C)c1CO. The van der Waals surface area contributed by atoms with Crippen molar-refractivity contribution in [3.63, 3.8) is 0 Å². The number of piperidine rings is 1. The van der Waals surface area contributed by atoms with Gasteiger partial charge in [-0.05, 0) is 32.6 Å². The van der Waals surface area contributed by atoms with E-state index in [1.807, 2.05) is 6.92 Å².